The molecular formula is C19H26N2O4S. The summed E-state index contributed by atoms with van der Waals surface area (Å²) in [6.07, 6.45) is 4.07. The standard InChI is InChI=1S/C19H26N2O4S/c1-19(7-3-11-26-19)25-10-8-20-12-15(23)13-24-18-5-2-4-17-16(18)6-9-21(17)14-22/h2-5,11,14-15,20,23H,6-10,12-13H2,1H3. The predicted octanol–water partition coefficient (Wildman–Crippen LogP) is 1.92. The van der Waals surface area contributed by atoms with Crippen LogP contribution in [0.25, 0.3) is 0 Å². The molecule has 2 aliphatic rings. The number of aliphatic hydroxyl groups is 1. The lowest BCUT2D eigenvalue weighted by atomic mass is 10.1. The van der Waals surface area contributed by atoms with Gasteiger partial charge in [0.1, 0.15) is 23.4 Å². The van der Waals surface area contributed by atoms with E-state index in [-0.39, 0.29) is 11.5 Å². The first kappa shape index (κ1) is 19.2. The summed E-state index contributed by atoms with van der Waals surface area (Å²) < 4.78 is 11.6. The molecule has 2 heterocycles. The number of aliphatic hydroxyl groups excluding tert-OH is 1. The quantitative estimate of drug-likeness (QED) is 0.479. The molecule has 1 amide bonds. The van der Waals surface area contributed by atoms with E-state index in [0.717, 1.165) is 36.3 Å². The molecule has 2 atom stereocenters. The summed E-state index contributed by atoms with van der Waals surface area (Å²) in [5, 5.41) is 15.4. The summed E-state index contributed by atoms with van der Waals surface area (Å²) in [4.78, 5) is 12.6. The molecule has 2 aliphatic heterocycles. The summed E-state index contributed by atoms with van der Waals surface area (Å²) in [6, 6.07) is 5.67. The summed E-state index contributed by atoms with van der Waals surface area (Å²) in [5.41, 5.74) is 1.93. The lowest BCUT2D eigenvalue weighted by Crippen LogP contribution is -2.34. The second-order valence-electron chi connectivity index (χ2n) is 6.65. The van der Waals surface area contributed by atoms with E-state index in [1.165, 1.54) is 0 Å². The first-order chi connectivity index (χ1) is 12.6. The van der Waals surface area contributed by atoms with Crippen LogP contribution in [0.4, 0.5) is 5.69 Å². The number of nitrogens with one attached hydrogen (secondary N) is 1. The number of fused-ring (bicyclic) bond motifs is 1. The number of carbonyl (C=O) groups excluding carboxylic acids is 1. The van der Waals surface area contributed by atoms with Gasteiger partial charge >= 0.3 is 0 Å². The molecule has 6 nitrogen and oxygen atoms in total. The largest absolute Gasteiger partial charge is 0.490 e. The Hall–Kier alpha value is -1.54. The molecule has 26 heavy (non-hydrogen) atoms. The Bertz CT molecular complexity index is 644. The molecule has 0 saturated carbocycles. The van der Waals surface area contributed by atoms with Crippen LogP contribution >= 0.6 is 11.8 Å². The molecule has 2 unspecified atom stereocenters. The second kappa shape index (κ2) is 8.90. The van der Waals surface area contributed by atoms with Gasteiger partial charge < -0.3 is 24.8 Å². The topological polar surface area (TPSA) is 71.0 Å². The zero-order chi connectivity index (χ0) is 18.4. The number of ether oxygens (including phenoxy) is 2. The number of carbonyl (C=O) groups is 1. The highest BCUT2D eigenvalue weighted by Gasteiger charge is 2.26. The van der Waals surface area contributed by atoms with Crippen LogP contribution in [0.15, 0.2) is 29.7 Å². The van der Waals surface area contributed by atoms with Crippen molar-refractivity contribution in [3.05, 3.63) is 35.2 Å². The third-order valence-electron chi connectivity index (χ3n) is 4.55. The fourth-order valence-corrected chi connectivity index (χ4v) is 3.94. The molecule has 0 saturated heterocycles. The minimum atomic E-state index is -0.604. The highest BCUT2D eigenvalue weighted by molar-refractivity contribution is 8.03. The Labute approximate surface area is 158 Å². The van der Waals surface area contributed by atoms with Gasteiger partial charge in [-0.1, -0.05) is 23.9 Å². The van der Waals surface area contributed by atoms with Crippen molar-refractivity contribution in [2.24, 2.45) is 0 Å². The number of anilines is 1. The molecule has 0 fully saturated rings. The van der Waals surface area contributed by atoms with Crippen LogP contribution in [0.1, 0.15) is 18.9 Å². The summed E-state index contributed by atoms with van der Waals surface area (Å²) >= 11 is 1.70. The minimum Gasteiger partial charge on any atom is -0.490 e. The molecule has 2 N–H and O–H groups in total. The third-order valence-corrected chi connectivity index (χ3v) is 5.66. The van der Waals surface area contributed by atoms with Gasteiger partial charge in [0.15, 0.2) is 0 Å². The molecule has 3 rings (SSSR count). The van der Waals surface area contributed by atoms with Crippen molar-refractivity contribution >= 4 is 23.9 Å². The number of thioether (sulfide) groups is 1. The van der Waals surface area contributed by atoms with Crippen molar-refractivity contribution < 1.29 is 19.4 Å². The average molecular weight is 378 g/mol. The van der Waals surface area contributed by atoms with E-state index < -0.39 is 6.10 Å². The van der Waals surface area contributed by atoms with E-state index in [1.807, 2.05) is 18.2 Å². The first-order valence-corrected chi connectivity index (χ1v) is 9.81. The smallest absolute Gasteiger partial charge is 0.214 e. The fourth-order valence-electron chi connectivity index (χ4n) is 3.12. The summed E-state index contributed by atoms with van der Waals surface area (Å²) in [5.74, 6) is 0.743. The van der Waals surface area contributed by atoms with Gasteiger partial charge in [0.05, 0.1) is 12.3 Å². The van der Waals surface area contributed by atoms with Crippen LogP contribution in [0.5, 0.6) is 5.75 Å². The van der Waals surface area contributed by atoms with Crippen molar-refractivity contribution in [2.75, 3.05) is 37.7 Å². The zero-order valence-electron chi connectivity index (χ0n) is 15.0. The summed E-state index contributed by atoms with van der Waals surface area (Å²) in [6.45, 7) is 4.71. The number of hydrogen-bond donors (Lipinski definition) is 2. The number of benzene rings is 1. The van der Waals surface area contributed by atoms with Gasteiger partial charge in [0.25, 0.3) is 0 Å². The third kappa shape index (κ3) is 4.79. The average Bonchev–Trinajstić information content (AvgIpc) is 3.26. The van der Waals surface area contributed by atoms with Gasteiger partial charge in [-0.3, -0.25) is 4.79 Å². The van der Waals surface area contributed by atoms with Crippen molar-refractivity contribution in [3.63, 3.8) is 0 Å². The zero-order valence-corrected chi connectivity index (χ0v) is 15.8. The first-order valence-electron chi connectivity index (χ1n) is 8.93. The number of amides is 1. The number of rotatable bonds is 10. The van der Waals surface area contributed by atoms with Gasteiger partial charge in [-0.2, -0.15) is 0 Å². The van der Waals surface area contributed by atoms with Gasteiger partial charge in [-0.05, 0) is 30.9 Å². The highest BCUT2D eigenvalue weighted by atomic mass is 32.2. The van der Waals surface area contributed by atoms with Crippen LogP contribution in [-0.4, -0.2) is 55.4 Å². The van der Waals surface area contributed by atoms with Crippen LogP contribution in [-0.2, 0) is 16.0 Å². The Morgan fingerprint density at radius 1 is 1.50 bits per heavy atom. The lowest BCUT2D eigenvalue weighted by Gasteiger charge is -2.23. The highest BCUT2D eigenvalue weighted by Crippen LogP contribution is 2.36. The molecule has 7 heteroatoms. The van der Waals surface area contributed by atoms with Gasteiger partial charge in [-0.15, -0.1) is 0 Å². The molecule has 0 bridgehead atoms. The molecule has 0 spiro atoms. The number of nitrogens with zero attached hydrogens (tertiary/aromatic N) is 1. The van der Waals surface area contributed by atoms with Crippen LogP contribution < -0.4 is 15.0 Å². The van der Waals surface area contributed by atoms with Crippen molar-refractivity contribution in [1.82, 2.24) is 5.32 Å². The van der Waals surface area contributed by atoms with E-state index in [9.17, 15) is 9.90 Å². The Morgan fingerprint density at radius 3 is 3.15 bits per heavy atom. The maximum Gasteiger partial charge on any atom is 0.214 e. The van der Waals surface area contributed by atoms with Crippen LogP contribution in [0.2, 0.25) is 0 Å². The van der Waals surface area contributed by atoms with Crippen LogP contribution in [0, 0.1) is 0 Å². The van der Waals surface area contributed by atoms with Crippen molar-refractivity contribution in [2.45, 2.75) is 30.8 Å². The predicted molar refractivity (Wildman–Crippen MR) is 104 cm³/mol. The molecule has 1 aromatic carbocycles. The molecule has 1 aromatic rings. The van der Waals surface area contributed by atoms with Crippen molar-refractivity contribution in [1.29, 1.82) is 0 Å². The summed E-state index contributed by atoms with van der Waals surface area (Å²) in [7, 11) is 0. The Balaban J connectivity index is 1.35. The molecule has 0 radical (unpaired) electrons. The maximum absolute atomic E-state index is 11.0. The van der Waals surface area contributed by atoms with E-state index in [4.69, 9.17) is 9.47 Å². The molecule has 0 aliphatic carbocycles. The monoisotopic (exact) mass is 378 g/mol. The van der Waals surface area contributed by atoms with E-state index >= 15 is 0 Å². The SMILES string of the molecule is CC1(OCCNCC(O)COc2cccc3c2CCN3C=O)CC=CS1. The number of hydrogen-bond acceptors (Lipinski definition) is 6. The molecular weight excluding hydrogens is 352 g/mol. The normalized spacial score (nSPS) is 22.5. The van der Waals surface area contributed by atoms with Gasteiger partial charge in [0, 0.05) is 31.6 Å². The van der Waals surface area contributed by atoms with Crippen molar-refractivity contribution in [3.8, 4) is 5.75 Å². The molecule has 142 valence electrons. The van der Waals surface area contributed by atoms with Crippen LogP contribution in [0.3, 0.4) is 0 Å². The van der Waals surface area contributed by atoms with E-state index in [2.05, 4.69) is 23.7 Å². The fraction of sp³-hybridized carbons (Fsp3) is 0.526. The second-order valence-corrected chi connectivity index (χ2v) is 8.02. The Morgan fingerprint density at radius 2 is 2.38 bits per heavy atom. The van der Waals surface area contributed by atoms with E-state index in [1.54, 1.807) is 16.7 Å². The minimum absolute atomic E-state index is 0.146. The molecule has 0 aromatic heterocycles. The lowest BCUT2D eigenvalue weighted by molar-refractivity contribution is -0.107. The Kier molecular flexibility index (Phi) is 6.58. The van der Waals surface area contributed by atoms with Gasteiger partial charge in [0.2, 0.25) is 6.41 Å². The van der Waals surface area contributed by atoms with Gasteiger partial charge in [-0.25, -0.2) is 0 Å². The maximum atomic E-state index is 11.0. The van der Waals surface area contributed by atoms with E-state index in [0.29, 0.717) is 26.2 Å².